The first-order valence-electron chi connectivity index (χ1n) is 7.31. The summed E-state index contributed by atoms with van der Waals surface area (Å²) >= 11 is 0. The highest BCUT2D eigenvalue weighted by atomic mass is 32.2. The lowest BCUT2D eigenvalue weighted by molar-refractivity contribution is -0.138. The molecule has 0 saturated carbocycles. The molecule has 0 spiro atoms. The monoisotopic (exact) mass is 356 g/mol. The molecule has 0 amide bonds. The number of nitrogens with one attached hydrogen (secondary N) is 1. The number of hydrogen-bond donors (Lipinski definition) is 2. The summed E-state index contributed by atoms with van der Waals surface area (Å²) in [5, 5.41) is 19.6. The van der Waals surface area contributed by atoms with Crippen molar-refractivity contribution < 1.29 is 22.9 Å². The normalized spacial score (nSPS) is 13.6. The van der Waals surface area contributed by atoms with E-state index in [1.54, 1.807) is 0 Å². The minimum atomic E-state index is -3.73. The number of aromatic nitrogens is 2. The third-order valence-electron chi connectivity index (χ3n) is 3.47. The van der Waals surface area contributed by atoms with Crippen LogP contribution in [0.15, 0.2) is 21.7 Å². The first kappa shape index (κ1) is 18.1. The second kappa shape index (κ2) is 6.73. The number of carboxylic acids is 1. The Balaban J connectivity index is 2.48. The fourth-order valence-electron chi connectivity index (χ4n) is 2.25. The van der Waals surface area contributed by atoms with Gasteiger partial charge in [0.1, 0.15) is 10.9 Å². The Morgan fingerprint density at radius 1 is 1.29 bits per heavy atom. The van der Waals surface area contributed by atoms with Crippen LogP contribution < -0.4 is 5.32 Å². The molecule has 24 heavy (non-hydrogen) atoms. The lowest BCUT2D eigenvalue weighted by Gasteiger charge is -2.18. The topological polar surface area (TPSA) is 126 Å². The maximum Gasteiger partial charge on any atom is 0.326 e. The smallest absolute Gasteiger partial charge is 0.326 e. The summed E-state index contributed by atoms with van der Waals surface area (Å²) in [5.41, 5.74) is 0.590. The van der Waals surface area contributed by atoms with Gasteiger partial charge < -0.3 is 10.4 Å². The molecule has 1 aromatic heterocycles. The lowest BCUT2D eigenvalue weighted by Crippen LogP contribution is -2.31. The summed E-state index contributed by atoms with van der Waals surface area (Å²) in [7, 11) is -0.914. The van der Waals surface area contributed by atoms with Crippen molar-refractivity contribution in [1.82, 2.24) is 14.6 Å². The second-order valence-corrected chi connectivity index (χ2v) is 8.15. The maximum atomic E-state index is 12.3. The van der Waals surface area contributed by atoms with Gasteiger partial charge in [0.05, 0.1) is 5.69 Å². The van der Waals surface area contributed by atoms with Gasteiger partial charge in [-0.25, -0.2) is 22.1 Å². The molecule has 0 aliphatic heterocycles. The van der Waals surface area contributed by atoms with Crippen molar-refractivity contribution in [1.29, 1.82) is 0 Å². The number of sulfonamides is 1. The minimum Gasteiger partial charge on any atom is -0.480 e. The van der Waals surface area contributed by atoms with Crippen LogP contribution in [0.3, 0.4) is 0 Å². The van der Waals surface area contributed by atoms with Crippen molar-refractivity contribution in [2.24, 2.45) is 5.92 Å². The molecule has 0 fully saturated rings. The number of benzene rings is 1. The van der Waals surface area contributed by atoms with Gasteiger partial charge >= 0.3 is 5.97 Å². The Labute approximate surface area is 139 Å². The number of hydrogen-bond acceptors (Lipinski definition) is 7. The maximum absolute atomic E-state index is 12.3. The summed E-state index contributed by atoms with van der Waals surface area (Å²) in [5.74, 6) is -0.837. The molecule has 132 valence electrons. The van der Waals surface area contributed by atoms with Gasteiger partial charge in [0, 0.05) is 14.1 Å². The van der Waals surface area contributed by atoms with Gasteiger partial charge in [-0.1, -0.05) is 13.8 Å². The molecule has 2 N–H and O–H groups in total. The van der Waals surface area contributed by atoms with E-state index in [2.05, 4.69) is 20.3 Å². The average molecular weight is 356 g/mol. The Kier molecular flexibility index (Phi) is 5.09. The summed E-state index contributed by atoms with van der Waals surface area (Å²) in [6.45, 7) is 3.83. The van der Waals surface area contributed by atoms with Crippen LogP contribution in [0.1, 0.15) is 20.3 Å². The highest BCUT2D eigenvalue weighted by Crippen LogP contribution is 2.29. The molecule has 10 heteroatoms. The molecule has 0 unspecified atom stereocenters. The Morgan fingerprint density at radius 3 is 2.46 bits per heavy atom. The summed E-state index contributed by atoms with van der Waals surface area (Å²) in [6, 6.07) is 2.00. The molecule has 1 heterocycles. The molecule has 0 radical (unpaired) electrons. The van der Waals surface area contributed by atoms with Crippen molar-refractivity contribution in [3.63, 3.8) is 0 Å². The zero-order valence-electron chi connectivity index (χ0n) is 13.8. The van der Waals surface area contributed by atoms with Gasteiger partial charge in [-0.3, -0.25) is 0 Å². The van der Waals surface area contributed by atoms with Crippen LogP contribution in [0.25, 0.3) is 11.0 Å². The number of rotatable bonds is 7. The predicted octanol–water partition coefficient (Wildman–Crippen LogP) is 1.38. The third-order valence-corrected chi connectivity index (χ3v) is 5.32. The second-order valence-electron chi connectivity index (χ2n) is 6.02. The van der Waals surface area contributed by atoms with Crippen LogP contribution in [0.4, 0.5) is 5.69 Å². The molecule has 1 atom stereocenters. The van der Waals surface area contributed by atoms with Crippen molar-refractivity contribution in [2.75, 3.05) is 19.4 Å². The van der Waals surface area contributed by atoms with Gasteiger partial charge in [-0.05, 0) is 34.8 Å². The number of nitrogens with zero attached hydrogens (tertiary/aromatic N) is 3. The van der Waals surface area contributed by atoms with E-state index in [1.165, 1.54) is 26.2 Å². The molecule has 1 aromatic carbocycles. The average Bonchev–Trinajstić information content (AvgIpc) is 2.95. The Bertz CT molecular complexity index is 844. The zero-order valence-corrected chi connectivity index (χ0v) is 14.7. The van der Waals surface area contributed by atoms with Crippen LogP contribution >= 0.6 is 0 Å². The molecular weight excluding hydrogens is 336 g/mol. The van der Waals surface area contributed by atoms with Crippen LogP contribution in [0, 0.1) is 5.92 Å². The van der Waals surface area contributed by atoms with E-state index in [0.29, 0.717) is 12.1 Å². The molecule has 9 nitrogen and oxygen atoms in total. The van der Waals surface area contributed by atoms with Gasteiger partial charge in [-0.15, -0.1) is 0 Å². The number of fused-ring (bicyclic) bond motifs is 1. The number of aliphatic carboxylic acids is 1. The van der Waals surface area contributed by atoms with E-state index in [1.807, 2.05) is 13.8 Å². The number of anilines is 1. The molecule has 0 saturated heterocycles. The highest BCUT2D eigenvalue weighted by Gasteiger charge is 2.26. The molecule has 2 aromatic rings. The molecular formula is C14H20N4O5S. The lowest BCUT2D eigenvalue weighted by atomic mass is 10.0. The standard InChI is InChI=1S/C14H20N4O5S/c1-8(2)7-10(14(19)20)15-9-5-6-11(24(21,22)18(3)4)13-12(9)16-23-17-13/h5-6,8,10,15H,7H2,1-4H3,(H,19,20)/t10-/m0/s1. The van der Waals surface area contributed by atoms with Crippen molar-refractivity contribution >= 4 is 32.7 Å². The van der Waals surface area contributed by atoms with Crippen LogP contribution in [-0.4, -0.2) is 54.2 Å². The quantitative estimate of drug-likeness (QED) is 0.762. The zero-order chi connectivity index (χ0) is 18.1. The third kappa shape index (κ3) is 3.49. The van der Waals surface area contributed by atoms with Crippen molar-refractivity contribution in [3.05, 3.63) is 12.1 Å². The SMILES string of the molecule is CC(C)C[C@H](Nc1ccc(S(=O)(=O)N(C)C)c2nonc12)C(=O)O. The van der Waals surface area contributed by atoms with Crippen LogP contribution in [-0.2, 0) is 14.8 Å². The fourth-order valence-corrected chi connectivity index (χ4v) is 3.26. The summed E-state index contributed by atoms with van der Waals surface area (Å²) in [4.78, 5) is 11.4. The van der Waals surface area contributed by atoms with E-state index in [0.717, 1.165) is 4.31 Å². The highest BCUT2D eigenvalue weighted by molar-refractivity contribution is 7.89. The van der Waals surface area contributed by atoms with Crippen molar-refractivity contribution in [2.45, 2.75) is 31.2 Å². The first-order chi connectivity index (χ1) is 11.1. The number of carbonyl (C=O) groups is 1. The van der Waals surface area contributed by atoms with E-state index in [9.17, 15) is 18.3 Å². The Morgan fingerprint density at radius 2 is 1.92 bits per heavy atom. The van der Waals surface area contributed by atoms with E-state index >= 15 is 0 Å². The molecule has 0 aliphatic rings. The van der Waals surface area contributed by atoms with Gasteiger partial charge in [0.15, 0.2) is 11.0 Å². The molecule has 0 bridgehead atoms. The predicted molar refractivity (Wildman–Crippen MR) is 87.2 cm³/mol. The molecule has 0 aliphatic carbocycles. The fraction of sp³-hybridized carbons (Fsp3) is 0.500. The van der Waals surface area contributed by atoms with Gasteiger partial charge in [-0.2, -0.15) is 0 Å². The van der Waals surface area contributed by atoms with E-state index < -0.39 is 22.0 Å². The van der Waals surface area contributed by atoms with E-state index in [4.69, 9.17) is 0 Å². The van der Waals surface area contributed by atoms with Gasteiger partial charge in [0.2, 0.25) is 10.0 Å². The summed E-state index contributed by atoms with van der Waals surface area (Å²) in [6.07, 6.45) is 0.403. The first-order valence-corrected chi connectivity index (χ1v) is 8.75. The minimum absolute atomic E-state index is 0.0509. The molecule has 2 rings (SSSR count). The van der Waals surface area contributed by atoms with Gasteiger partial charge in [0.25, 0.3) is 0 Å². The van der Waals surface area contributed by atoms with E-state index in [-0.39, 0.29) is 21.8 Å². The van der Waals surface area contributed by atoms with Crippen LogP contribution in [0.5, 0.6) is 0 Å². The largest absolute Gasteiger partial charge is 0.480 e. The summed E-state index contributed by atoms with van der Waals surface area (Å²) < 4.78 is 30.4. The number of carboxylic acid groups (broad SMARTS) is 1. The van der Waals surface area contributed by atoms with Crippen LogP contribution in [0.2, 0.25) is 0 Å². The van der Waals surface area contributed by atoms with Crippen molar-refractivity contribution in [3.8, 4) is 0 Å². The Hall–Kier alpha value is -2.20.